The highest BCUT2D eigenvalue weighted by Gasteiger charge is 2.25. The topological polar surface area (TPSA) is 135 Å². The third-order valence-electron chi connectivity index (χ3n) is 5.04. The van der Waals surface area contributed by atoms with Crippen LogP contribution < -0.4 is 5.32 Å². The van der Waals surface area contributed by atoms with E-state index < -0.39 is 16.8 Å². The Morgan fingerprint density at radius 1 is 1.21 bits per heavy atom. The summed E-state index contributed by atoms with van der Waals surface area (Å²) in [5.41, 5.74) is 2.18. The van der Waals surface area contributed by atoms with Gasteiger partial charge in [0.05, 0.1) is 31.7 Å². The van der Waals surface area contributed by atoms with Gasteiger partial charge in [0.2, 0.25) is 0 Å². The van der Waals surface area contributed by atoms with E-state index in [9.17, 15) is 24.8 Å². The van der Waals surface area contributed by atoms with Crippen LogP contribution in [-0.4, -0.2) is 27.1 Å². The molecule has 1 aliphatic rings. The summed E-state index contributed by atoms with van der Waals surface area (Å²) in [5, 5.41) is 23.6. The van der Waals surface area contributed by atoms with Crippen molar-refractivity contribution in [3.05, 3.63) is 85.0 Å². The first-order chi connectivity index (χ1) is 16.1. The van der Waals surface area contributed by atoms with Crippen molar-refractivity contribution in [3.63, 3.8) is 0 Å². The number of benzene rings is 2. The Labute approximate surface area is 202 Å². The van der Waals surface area contributed by atoms with Gasteiger partial charge in [-0.2, -0.15) is 0 Å². The number of carbonyl (C=O) groups excluding carboxylic acids is 1. The molecule has 1 amide bonds. The van der Waals surface area contributed by atoms with Crippen LogP contribution >= 0.6 is 23.4 Å². The number of aliphatic imine (C=N–C) groups is 1. The number of nitro groups is 1. The Balaban J connectivity index is 1.60. The van der Waals surface area contributed by atoms with Gasteiger partial charge in [-0.3, -0.25) is 14.9 Å². The predicted octanol–water partition coefficient (Wildman–Crippen LogP) is 5.71. The van der Waals surface area contributed by atoms with Crippen LogP contribution in [0.1, 0.15) is 27.2 Å². The van der Waals surface area contributed by atoms with Gasteiger partial charge in [0, 0.05) is 12.1 Å². The van der Waals surface area contributed by atoms with Gasteiger partial charge in [0.25, 0.3) is 11.6 Å². The second-order valence-electron chi connectivity index (χ2n) is 7.36. The van der Waals surface area contributed by atoms with E-state index in [-0.39, 0.29) is 21.4 Å². The largest absolute Gasteiger partial charge is 0.478 e. The number of rotatable bonds is 5. The van der Waals surface area contributed by atoms with Crippen molar-refractivity contribution >= 4 is 57.9 Å². The van der Waals surface area contributed by atoms with E-state index in [4.69, 9.17) is 16.0 Å². The number of carbonyl (C=O) groups is 2. The number of nitro benzene ring substituents is 1. The second kappa shape index (κ2) is 9.16. The number of amidine groups is 1. The smallest absolute Gasteiger partial charge is 0.337 e. The molecule has 11 heteroatoms. The lowest BCUT2D eigenvalue weighted by Gasteiger charge is -2.04. The summed E-state index contributed by atoms with van der Waals surface area (Å²) in [5.74, 6) is -0.956. The summed E-state index contributed by atoms with van der Waals surface area (Å²) in [7, 11) is 0. The first kappa shape index (κ1) is 23.3. The van der Waals surface area contributed by atoms with Gasteiger partial charge in [0.15, 0.2) is 5.17 Å². The minimum atomic E-state index is -1.19. The summed E-state index contributed by atoms with van der Waals surface area (Å²) in [6, 6.07) is 10.7. The number of halogens is 1. The van der Waals surface area contributed by atoms with Crippen LogP contribution in [-0.2, 0) is 4.79 Å². The summed E-state index contributed by atoms with van der Waals surface area (Å²) in [6.45, 7) is 3.65. The molecule has 3 aromatic rings. The van der Waals surface area contributed by atoms with E-state index in [1.54, 1.807) is 25.1 Å². The maximum Gasteiger partial charge on any atom is 0.337 e. The molecule has 1 saturated heterocycles. The summed E-state index contributed by atoms with van der Waals surface area (Å²) < 4.78 is 5.78. The maximum absolute atomic E-state index is 12.4. The van der Waals surface area contributed by atoms with Gasteiger partial charge in [-0.15, -0.1) is 0 Å². The third-order valence-corrected chi connectivity index (χ3v) is 6.28. The van der Waals surface area contributed by atoms with E-state index in [1.165, 1.54) is 30.3 Å². The van der Waals surface area contributed by atoms with Crippen molar-refractivity contribution in [3.8, 4) is 11.3 Å². The quantitative estimate of drug-likeness (QED) is 0.261. The number of nitrogens with one attached hydrogen (secondary N) is 1. The molecule has 0 radical (unpaired) electrons. The van der Waals surface area contributed by atoms with E-state index in [0.717, 1.165) is 22.9 Å². The predicted molar refractivity (Wildman–Crippen MR) is 129 cm³/mol. The fourth-order valence-electron chi connectivity index (χ4n) is 3.20. The zero-order valence-electron chi connectivity index (χ0n) is 17.8. The van der Waals surface area contributed by atoms with E-state index in [0.29, 0.717) is 27.7 Å². The molecule has 2 aromatic carbocycles. The van der Waals surface area contributed by atoms with Crippen molar-refractivity contribution in [1.82, 2.24) is 5.32 Å². The van der Waals surface area contributed by atoms with Crippen LogP contribution in [0.4, 0.5) is 11.4 Å². The molecule has 9 nitrogen and oxygen atoms in total. The monoisotopic (exact) mass is 497 g/mol. The minimum absolute atomic E-state index is 0.0669. The number of amides is 1. The lowest BCUT2D eigenvalue weighted by atomic mass is 10.0. The first-order valence-corrected chi connectivity index (χ1v) is 11.0. The van der Waals surface area contributed by atoms with Gasteiger partial charge in [-0.1, -0.05) is 11.6 Å². The molecule has 0 atom stereocenters. The molecule has 4 rings (SSSR count). The molecule has 2 heterocycles. The van der Waals surface area contributed by atoms with Gasteiger partial charge < -0.3 is 14.8 Å². The molecule has 2 N–H and O–H groups in total. The molecular weight excluding hydrogens is 482 g/mol. The Morgan fingerprint density at radius 3 is 2.65 bits per heavy atom. The second-order valence-corrected chi connectivity index (χ2v) is 8.80. The average Bonchev–Trinajstić information content (AvgIpc) is 3.37. The molecular formula is C23H16ClN3O6S. The van der Waals surface area contributed by atoms with Crippen LogP contribution in [0, 0.1) is 24.0 Å². The molecule has 0 unspecified atom stereocenters. The van der Waals surface area contributed by atoms with Crippen LogP contribution in [0.3, 0.4) is 0 Å². The Morgan fingerprint density at radius 2 is 1.94 bits per heavy atom. The number of aromatic carboxylic acids is 1. The molecule has 0 saturated carbocycles. The number of nitrogens with zero attached hydrogens (tertiary/aromatic N) is 2. The average molecular weight is 498 g/mol. The van der Waals surface area contributed by atoms with Crippen LogP contribution in [0.5, 0.6) is 0 Å². The van der Waals surface area contributed by atoms with Crippen molar-refractivity contribution < 1.29 is 24.0 Å². The zero-order chi connectivity index (χ0) is 24.6. The Hall–Kier alpha value is -3.89. The highest BCUT2D eigenvalue weighted by Crippen LogP contribution is 2.35. The molecule has 0 aliphatic carbocycles. The van der Waals surface area contributed by atoms with Gasteiger partial charge in [-0.05, 0) is 73.1 Å². The van der Waals surface area contributed by atoms with Crippen LogP contribution in [0.2, 0.25) is 5.02 Å². The normalized spacial score (nSPS) is 15.7. The first-order valence-electron chi connectivity index (χ1n) is 9.80. The minimum Gasteiger partial charge on any atom is -0.478 e. The fourth-order valence-corrected chi connectivity index (χ4v) is 4.22. The van der Waals surface area contributed by atoms with Crippen molar-refractivity contribution in [1.29, 1.82) is 0 Å². The van der Waals surface area contributed by atoms with Crippen molar-refractivity contribution in [2.75, 3.05) is 0 Å². The number of carboxylic acid groups (broad SMARTS) is 1. The van der Waals surface area contributed by atoms with Gasteiger partial charge >= 0.3 is 5.97 Å². The van der Waals surface area contributed by atoms with Crippen molar-refractivity contribution in [2.24, 2.45) is 4.99 Å². The van der Waals surface area contributed by atoms with Gasteiger partial charge in [-0.25, -0.2) is 9.79 Å². The van der Waals surface area contributed by atoms with Crippen LogP contribution in [0.15, 0.2) is 56.8 Å². The summed E-state index contributed by atoms with van der Waals surface area (Å²) in [6.07, 6.45) is 1.50. The number of carboxylic acids is 1. The maximum atomic E-state index is 12.4. The van der Waals surface area contributed by atoms with Crippen LogP contribution in [0.25, 0.3) is 17.4 Å². The van der Waals surface area contributed by atoms with E-state index >= 15 is 0 Å². The fraction of sp³-hybridized carbons (Fsp3) is 0.0870. The number of hydrogen-bond acceptors (Lipinski definition) is 7. The van der Waals surface area contributed by atoms with E-state index in [2.05, 4.69) is 10.3 Å². The molecule has 0 spiro atoms. The number of hydrogen-bond donors (Lipinski definition) is 2. The van der Waals surface area contributed by atoms with Crippen molar-refractivity contribution in [2.45, 2.75) is 13.8 Å². The number of thioether (sulfide) groups is 1. The number of furan rings is 1. The standard InChI is InChI=1S/C23H16ClN3O6S/c1-11-7-16(18(27(31)32)8-12(11)2)19-6-4-14(33-19)10-20-21(28)26-23(34-20)25-13-3-5-17(24)15(9-13)22(29)30/h3-10H,1-2H3,(H,29,30)(H,25,26,28)/b20-10-. The molecule has 1 fully saturated rings. The van der Waals surface area contributed by atoms with Gasteiger partial charge in [0.1, 0.15) is 11.5 Å². The highest BCUT2D eigenvalue weighted by molar-refractivity contribution is 8.18. The SMILES string of the molecule is Cc1cc(-c2ccc(/C=C3\SC(=Nc4ccc(Cl)c(C(=O)O)c4)NC3=O)o2)c([N+](=O)[O-])cc1C. The molecule has 0 bridgehead atoms. The summed E-state index contributed by atoms with van der Waals surface area (Å²) in [4.78, 5) is 39.2. The lowest BCUT2D eigenvalue weighted by molar-refractivity contribution is -0.384. The highest BCUT2D eigenvalue weighted by atomic mass is 35.5. The molecule has 34 heavy (non-hydrogen) atoms. The summed E-state index contributed by atoms with van der Waals surface area (Å²) >= 11 is 6.92. The third kappa shape index (κ3) is 4.73. The Kier molecular flexibility index (Phi) is 6.27. The molecule has 1 aromatic heterocycles. The molecule has 1 aliphatic heterocycles. The lowest BCUT2D eigenvalue weighted by Crippen LogP contribution is -2.19. The molecule has 172 valence electrons. The van der Waals surface area contributed by atoms with E-state index in [1.807, 2.05) is 6.92 Å². The Bertz CT molecular complexity index is 1430. The number of aryl methyl sites for hydroxylation is 2. The zero-order valence-corrected chi connectivity index (χ0v) is 19.4.